The second-order valence-electron chi connectivity index (χ2n) is 3.77. The Morgan fingerprint density at radius 2 is 1.85 bits per heavy atom. The van der Waals surface area contributed by atoms with Gasteiger partial charge in [0, 0.05) is 5.70 Å². The van der Waals surface area contributed by atoms with Gasteiger partial charge in [0.15, 0.2) is 0 Å². The lowest BCUT2D eigenvalue weighted by Crippen LogP contribution is -2.07. The summed E-state index contributed by atoms with van der Waals surface area (Å²) in [6.45, 7) is 10.8. The first-order valence-electron chi connectivity index (χ1n) is 5.16. The summed E-state index contributed by atoms with van der Waals surface area (Å²) in [5.74, 6) is 0.500. The molecule has 0 saturated heterocycles. The molecule has 2 N–H and O–H groups in total. The van der Waals surface area contributed by atoms with E-state index in [0.29, 0.717) is 5.92 Å². The second kappa shape index (κ2) is 5.85. The Morgan fingerprint density at radius 3 is 2.23 bits per heavy atom. The summed E-state index contributed by atoms with van der Waals surface area (Å²) < 4.78 is 0. The van der Waals surface area contributed by atoms with Crippen LogP contribution >= 0.6 is 0 Å². The SMILES string of the molecule is CC/C(C)=C(C)/C=C(/N)[C@H](C)CC. The van der Waals surface area contributed by atoms with E-state index in [2.05, 4.69) is 40.7 Å². The number of hydrogen-bond acceptors (Lipinski definition) is 1. The van der Waals surface area contributed by atoms with Crippen LogP contribution in [0.2, 0.25) is 0 Å². The molecule has 76 valence electrons. The molecule has 0 aromatic carbocycles. The van der Waals surface area contributed by atoms with Crippen molar-refractivity contribution in [2.24, 2.45) is 11.7 Å². The Hall–Kier alpha value is -0.720. The Morgan fingerprint density at radius 1 is 1.31 bits per heavy atom. The maximum atomic E-state index is 5.95. The van der Waals surface area contributed by atoms with E-state index in [1.165, 1.54) is 11.1 Å². The molecule has 0 bridgehead atoms. The summed E-state index contributed by atoms with van der Waals surface area (Å²) in [6.07, 6.45) is 4.34. The molecule has 0 aromatic heterocycles. The maximum Gasteiger partial charge on any atom is 0.0112 e. The third-order valence-corrected chi connectivity index (χ3v) is 2.77. The van der Waals surface area contributed by atoms with Crippen LogP contribution in [0, 0.1) is 5.92 Å². The number of hydrogen-bond donors (Lipinski definition) is 1. The third kappa shape index (κ3) is 4.16. The summed E-state index contributed by atoms with van der Waals surface area (Å²) in [5, 5.41) is 0. The Labute approximate surface area is 82.7 Å². The molecule has 0 radical (unpaired) electrons. The maximum absolute atomic E-state index is 5.95. The molecule has 0 rings (SSSR count). The van der Waals surface area contributed by atoms with Crippen LogP contribution in [-0.2, 0) is 0 Å². The van der Waals surface area contributed by atoms with Gasteiger partial charge in [0.05, 0.1) is 0 Å². The minimum Gasteiger partial charge on any atom is -0.402 e. The summed E-state index contributed by atoms with van der Waals surface area (Å²) in [7, 11) is 0. The van der Waals surface area contributed by atoms with Gasteiger partial charge < -0.3 is 5.73 Å². The van der Waals surface area contributed by atoms with E-state index in [0.717, 1.165) is 18.5 Å². The summed E-state index contributed by atoms with van der Waals surface area (Å²) in [4.78, 5) is 0. The fourth-order valence-corrected chi connectivity index (χ4v) is 1.03. The van der Waals surface area contributed by atoms with Crippen molar-refractivity contribution < 1.29 is 0 Å². The average Bonchev–Trinajstić information content (AvgIpc) is 2.14. The highest BCUT2D eigenvalue weighted by molar-refractivity contribution is 5.25. The quantitative estimate of drug-likeness (QED) is 0.659. The zero-order valence-electron chi connectivity index (χ0n) is 9.65. The van der Waals surface area contributed by atoms with Gasteiger partial charge >= 0.3 is 0 Å². The lowest BCUT2D eigenvalue weighted by Gasteiger charge is -2.09. The molecule has 0 heterocycles. The molecular formula is C12H23N. The van der Waals surface area contributed by atoms with Gasteiger partial charge in [-0.3, -0.25) is 0 Å². The standard InChI is InChI=1S/C12H23N/c1-6-9(3)11(5)8-12(13)10(4)7-2/h8,10H,6-7,13H2,1-5H3/b11-9+,12-8+/t10-/m1/s1. The normalized spacial score (nSPS) is 16.8. The second-order valence-corrected chi connectivity index (χ2v) is 3.77. The lowest BCUT2D eigenvalue weighted by atomic mass is 10.0. The Kier molecular flexibility index (Phi) is 5.52. The predicted molar refractivity (Wildman–Crippen MR) is 60.4 cm³/mol. The van der Waals surface area contributed by atoms with E-state index in [1.54, 1.807) is 0 Å². The monoisotopic (exact) mass is 181 g/mol. The van der Waals surface area contributed by atoms with Crippen molar-refractivity contribution in [1.29, 1.82) is 0 Å². The molecule has 0 aliphatic rings. The van der Waals surface area contributed by atoms with Crippen molar-refractivity contribution in [3.63, 3.8) is 0 Å². The van der Waals surface area contributed by atoms with E-state index < -0.39 is 0 Å². The molecule has 0 aliphatic carbocycles. The Bertz CT molecular complexity index is 211. The van der Waals surface area contributed by atoms with Crippen molar-refractivity contribution in [3.05, 3.63) is 22.9 Å². The molecule has 0 amide bonds. The number of rotatable bonds is 4. The fraction of sp³-hybridized carbons (Fsp3) is 0.667. The molecule has 0 aliphatic heterocycles. The van der Waals surface area contributed by atoms with Crippen LogP contribution in [0.4, 0.5) is 0 Å². The highest BCUT2D eigenvalue weighted by Gasteiger charge is 2.01. The summed E-state index contributed by atoms with van der Waals surface area (Å²) in [6, 6.07) is 0. The van der Waals surface area contributed by atoms with E-state index in [1.807, 2.05) is 0 Å². The molecule has 1 atom stereocenters. The first-order valence-corrected chi connectivity index (χ1v) is 5.16. The van der Waals surface area contributed by atoms with Gasteiger partial charge in [-0.05, 0) is 38.7 Å². The van der Waals surface area contributed by atoms with Gasteiger partial charge in [0.1, 0.15) is 0 Å². The zero-order valence-corrected chi connectivity index (χ0v) is 9.65. The number of allylic oxidation sites excluding steroid dienone is 4. The molecule has 0 fully saturated rings. The molecular weight excluding hydrogens is 158 g/mol. The predicted octanol–water partition coefficient (Wildman–Crippen LogP) is 3.62. The largest absolute Gasteiger partial charge is 0.402 e. The van der Waals surface area contributed by atoms with Crippen molar-refractivity contribution in [2.45, 2.75) is 47.5 Å². The number of nitrogens with two attached hydrogens (primary N) is 1. The summed E-state index contributed by atoms with van der Waals surface area (Å²) >= 11 is 0. The van der Waals surface area contributed by atoms with Crippen molar-refractivity contribution in [3.8, 4) is 0 Å². The molecule has 0 aromatic rings. The van der Waals surface area contributed by atoms with Crippen LogP contribution in [0.5, 0.6) is 0 Å². The molecule has 13 heavy (non-hydrogen) atoms. The van der Waals surface area contributed by atoms with Gasteiger partial charge in [0.2, 0.25) is 0 Å². The minimum atomic E-state index is 0.500. The van der Waals surface area contributed by atoms with E-state index in [9.17, 15) is 0 Å². The first kappa shape index (κ1) is 12.3. The van der Waals surface area contributed by atoms with E-state index >= 15 is 0 Å². The van der Waals surface area contributed by atoms with Crippen LogP contribution in [0.25, 0.3) is 0 Å². The van der Waals surface area contributed by atoms with Gasteiger partial charge in [-0.15, -0.1) is 0 Å². The molecule has 1 heteroatoms. The van der Waals surface area contributed by atoms with Crippen LogP contribution in [-0.4, -0.2) is 0 Å². The zero-order chi connectivity index (χ0) is 10.4. The minimum absolute atomic E-state index is 0.500. The topological polar surface area (TPSA) is 26.0 Å². The van der Waals surface area contributed by atoms with Crippen LogP contribution in [0.3, 0.4) is 0 Å². The van der Waals surface area contributed by atoms with Crippen molar-refractivity contribution >= 4 is 0 Å². The summed E-state index contributed by atoms with van der Waals surface area (Å²) in [5.41, 5.74) is 9.70. The van der Waals surface area contributed by atoms with Crippen LogP contribution in [0.1, 0.15) is 47.5 Å². The van der Waals surface area contributed by atoms with Gasteiger partial charge in [-0.1, -0.05) is 31.9 Å². The van der Waals surface area contributed by atoms with E-state index in [-0.39, 0.29) is 0 Å². The highest BCUT2D eigenvalue weighted by Crippen LogP contribution is 2.14. The molecule has 0 unspecified atom stereocenters. The third-order valence-electron chi connectivity index (χ3n) is 2.77. The fourth-order valence-electron chi connectivity index (χ4n) is 1.03. The van der Waals surface area contributed by atoms with Crippen molar-refractivity contribution in [1.82, 2.24) is 0 Å². The Balaban J connectivity index is 4.56. The molecule has 0 spiro atoms. The van der Waals surface area contributed by atoms with Gasteiger partial charge in [-0.25, -0.2) is 0 Å². The van der Waals surface area contributed by atoms with Crippen LogP contribution in [0.15, 0.2) is 22.9 Å². The molecule has 1 nitrogen and oxygen atoms in total. The first-order chi connectivity index (χ1) is 6.02. The molecule has 0 saturated carbocycles. The van der Waals surface area contributed by atoms with Crippen LogP contribution < -0.4 is 5.73 Å². The average molecular weight is 181 g/mol. The van der Waals surface area contributed by atoms with E-state index in [4.69, 9.17) is 5.73 Å². The van der Waals surface area contributed by atoms with Crippen molar-refractivity contribution in [2.75, 3.05) is 0 Å². The lowest BCUT2D eigenvalue weighted by molar-refractivity contribution is 0.647. The smallest absolute Gasteiger partial charge is 0.0112 e. The van der Waals surface area contributed by atoms with Gasteiger partial charge in [-0.2, -0.15) is 0 Å². The van der Waals surface area contributed by atoms with Gasteiger partial charge in [0.25, 0.3) is 0 Å². The highest BCUT2D eigenvalue weighted by atomic mass is 14.6.